The van der Waals surface area contributed by atoms with Crippen LogP contribution in [0.2, 0.25) is 0 Å². The Morgan fingerprint density at radius 2 is 1.81 bits per heavy atom. The monoisotopic (exact) mass is 361 g/mol. The van der Waals surface area contributed by atoms with Crippen LogP contribution in [0.4, 0.5) is 5.69 Å². The molecule has 0 aromatic heterocycles. The molecule has 6 nitrogen and oxygen atoms in total. The summed E-state index contributed by atoms with van der Waals surface area (Å²) in [7, 11) is 3.21. The van der Waals surface area contributed by atoms with Crippen molar-refractivity contribution in [3.8, 4) is 11.5 Å². The van der Waals surface area contributed by atoms with Gasteiger partial charge in [0.1, 0.15) is 11.5 Å². The Kier molecular flexibility index (Phi) is 6.38. The number of anilines is 1. The number of hydrogen-bond acceptors (Lipinski definition) is 5. The molecule has 2 fully saturated rings. The second-order valence-corrected chi connectivity index (χ2v) is 7.24. The number of hydrogen-bond donors (Lipinski definition) is 1. The van der Waals surface area contributed by atoms with E-state index in [1.807, 2.05) is 13.0 Å². The largest absolute Gasteiger partial charge is 0.497 e. The van der Waals surface area contributed by atoms with E-state index >= 15 is 0 Å². The number of amides is 1. The second-order valence-electron chi connectivity index (χ2n) is 7.24. The van der Waals surface area contributed by atoms with Gasteiger partial charge in [-0.05, 0) is 31.9 Å². The highest BCUT2D eigenvalue weighted by Crippen LogP contribution is 2.29. The Labute approximate surface area is 156 Å². The van der Waals surface area contributed by atoms with Crippen LogP contribution in [-0.2, 0) is 4.79 Å². The van der Waals surface area contributed by atoms with Crippen LogP contribution in [-0.4, -0.2) is 68.2 Å². The Morgan fingerprint density at radius 3 is 2.42 bits per heavy atom. The number of nitrogens with zero attached hydrogens (tertiary/aromatic N) is 2. The SMILES string of the molecule is COc1ccc(OC)c(NC(=O)C(C)N2CCN(C3CCCC3)CC2)c1. The summed E-state index contributed by atoms with van der Waals surface area (Å²) in [6.07, 6.45) is 5.41. The molecular formula is C20H31N3O3. The van der Waals surface area contributed by atoms with Gasteiger partial charge in [-0.2, -0.15) is 0 Å². The summed E-state index contributed by atoms with van der Waals surface area (Å²) in [5.41, 5.74) is 0.647. The molecule has 1 unspecified atom stereocenters. The van der Waals surface area contributed by atoms with Crippen molar-refractivity contribution in [3.05, 3.63) is 18.2 Å². The first-order valence-corrected chi connectivity index (χ1v) is 9.63. The van der Waals surface area contributed by atoms with Gasteiger partial charge < -0.3 is 14.8 Å². The van der Waals surface area contributed by atoms with Crippen LogP contribution in [0.15, 0.2) is 18.2 Å². The van der Waals surface area contributed by atoms with E-state index in [4.69, 9.17) is 9.47 Å². The van der Waals surface area contributed by atoms with Crippen molar-refractivity contribution < 1.29 is 14.3 Å². The lowest BCUT2D eigenvalue weighted by Gasteiger charge is -2.40. The number of ether oxygens (including phenoxy) is 2. The average Bonchev–Trinajstić information content (AvgIpc) is 3.22. The van der Waals surface area contributed by atoms with E-state index in [1.165, 1.54) is 25.7 Å². The van der Waals surface area contributed by atoms with Crippen molar-refractivity contribution in [3.63, 3.8) is 0 Å². The van der Waals surface area contributed by atoms with Crippen LogP contribution in [0.5, 0.6) is 11.5 Å². The molecule has 26 heavy (non-hydrogen) atoms. The minimum atomic E-state index is -0.170. The van der Waals surface area contributed by atoms with Crippen LogP contribution in [0.25, 0.3) is 0 Å². The summed E-state index contributed by atoms with van der Waals surface area (Å²) in [5.74, 6) is 1.32. The first-order valence-electron chi connectivity index (χ1n) is 9.63. The number of nitrogens with one attached hydrogen (secondary N) is 1. The molecule has 0 radical (unpaired) electrons. The third kappa shape index (κ3) is 4.30. The summed E-state index contributed by atoms with van der Waals surface area (Å²) in [6.45, 7) is 5.99. The second kappa shape index (κ2) is 8.73. The van der Waals surface area contributed by atoms with Gasteiger partial charge in [-0.1, -0.05) is 12.8 Å². The van der Waals surface area contributed by atoms with Gasteiger partial charge in [0, 0.05) is 38.3 Å². The Balaban J connectivity index is 1.56. The van der Waals surface area contributed by atoms with Crippen molar-refractivity contribution in [2.45, 2.75) is 44.7 Å². The zero-order valence-electron chi connectivity index (χ0n) is 16.2. The zero-order chi connectivity index (χ0) is 18.5. The molecule has 2 aliphatic rings. The van der Waals surface area contributed by atoms with E-state index in [0.29, 0.717) is 17.2 Å². The van der Waals surface area contributed by atoms with Crippen LogP contribution in [0.3, 0.4) is 0 Å². The van der Waals surface area contributed by atoms with E-state index < -0.39 is 0 Å². The van der Waals surface area contributed by atoms with Gasteiger partial charge in [0.25, 0.3) is 0 Å². The summed E-state index contributed by atoms with van der Waals surface area (Å²) < 4.78 is 10.6. The number of methoxy groups -OCH3 is 2. The van der Waals surface area contributed by atoms with Crippen molar-refractivity contribution >= 4 is 11.6 Å². The van der Waals surface area contributed by atoms with Crippen molar-refractivity contribution in [2.75, 3.05) is 45.7 Å². The first-order chi connectivity index (χ1) is 12.6. The maximum absolute atomic E-state index is 12.8. The molecule has 0 bridgehead atoms. The fraction of sp³-hybridized carbons (Fsp3) is 0.650. The average molecular weight is 361 g/mol. The Bertz CT molecular complexity index is 608. The Morgan fingerprint density at radius 1 is 1.12 bits per heavy atom. The summed E-state index contributed by atoms with van der Waals surface area (Å²) in [5, 5.41) is 3.00. The molecule has 6 heteroatoms. The Hall–Kier alpha value is -1.79. The number of benzene rings is 1. The predicted octanol–water partition coefficient (Wildman–Crippen LogP) is 2.59. The summed E-state index contributed by atoms with van der Waals surface area (Å²) in [6, 6.07) is 6.01. The molecule has 0 spiro atoms. The lowest BCUT2D eigenvalue weighted by molar-refractivity contribution is -0.121. The molecule has 1 heterocycles. The van der Waals surface area contributed by atoms with Gasteiger partial charge in [-0.3, -0.25) is 14.6 Å². The van der Waals surface area contributed by atoms with Gasteiger partial charge >= 0.3 is 0 Å². The quantitative estimate of drug-likeness (QED) is 0.844. The molecular weight excluding hydrogens is 330 g/mol. The lowest BCUT2D eigenvalue weighted by atomic mass is 10.1. The van der Waals surface area contributed by atoms with Gasteiger partial charge in [0.2, 0.25) is 5.91 Å². The number of carbonyl (C=O) groups excluding carboxylic acids is 1. The zero-order valence-corrected chi connectivity index (χ0v) is 16.2. The summed E-state index contributed by atoms with van der Waals surface area (Å²) in [4.78, 5) is 17.6. The molecule has 1 amide bonds. The van der Waals surface area contributed by atoms with Gasteiger partial charge in [0.15, 0.2) is 0 Å². The summed E-state index contributed by atoms with van der Waals surface area (Å²) >= 11 is 0. The fourth-order valence-electron chi connectivity index (χ4n) is 4.07. The van der Waals surface area contributed by atoms with Crippen molar-refractivity contribution in [2.24, 2.45) is 0 Å². The highest BCUT2D eigenvalue weighted by Gasteiger charge is 2.30. The number of piperazine rings is 1. The van der Waals surface area contributed by atoms with Crippen molar-refractivity contribution in [1.29, 1.82) is 0 Å². The molecule has 1 aliphatic carbocycles. The standard InChI is InChI=1S/C20H31N3O3/c1-15(22-10-12-23(13-11-22)16-6-4-5-7-16)20(24)21-18-14-17(25-2)8-9-19(18)26-3/h8-9,14-16H,4-7,10-13H2,1-3H3,(H,21,24). The van der Waals surface area contributed by atoms with Crippen LogP contribution >= 0.6 is 0 Å². The van der Waals surface area contributed by atoms with Gasteiger partial charge in [-0.25, -0.2) is 0 Å². The van der Waals surface area contributed by atoms with Gasteiger partial charge in [-0.15, -0.1) is 0 Å². The first kappa shape index (κ1) is 19.0. The highest BCUT2D eigenvalue weighted by atomic mass is 16.5. The molecule has 144 valence electrons. The minimum absolute atomic E-state index is 0.00845. The molecule has 1 atom stereocenters. The highest BCUT2D eigenvalue weighted by molar-refractivity contribution is 5.96. The van der Waals surface area contributed by atoms with Crippen LogP contribution in [0.1, 0.15) is 32.6 Å². The van der Waals surface area contributed by atoms with E-state index in [2.05, 4.69) is 15.1 Å². The lowest BCUT2D eigenvalue weighted by Crippen LogP contribution is -2.54. The number of carbonyl (C=O) groups is 1. The maximum atomic E-state index is 12.8. The molecule has 1 N–H and O–H groups in total. The van der Waals surface area contributed by atoms with Crippen LogP contribution < -0.4 is 14.8 Å². The molecule has 1 aliphatic heterocycles. The fourth-order valence-corrected chi connectivity index (χ4v) is 4.07. The molecule has 3 rings (SSSR count). The van der Waals surface area contributed by atoms with E-state index in [0.717, 1.165) is 32.2 Å². The number of rotatable bonds is 6. The van der Waals surface area contributed by atoms with E-state index in [1.54, 1.807) is 26.4 Å². The topological polar surface area (TPSA) is 54.0 Å². The smallest absolute Gasteiger partial charge is 0.241 e. The normalized spacial score (nSPS) is 20.7. The van der Waals surface area contributed by atoms with Gasteiger partial charge in [0.05, 0.1) is 25.9 Å². The minimum Gasteiger partial charge on any atom is -0.497 e. The molecule has 1 saturated heterocycles. The van der Waals surface area contributed by atoms with E-state index in [9.17, 15) is 4.79 Å². The predicted molar refractivity (Wildman–Crippen MR) is 103 cm³/mol. The van der Waals surface area contributed by atoms with Crippen molar-refractivity contribution in [1.82, 2.24) is 9.80 Å². The molecule has 1 aromatic carbocycles. The molecule has 1 aromatic rings. The molecule has 1 saturated carbocycles. The third-order valence-electron chi connectivity index (χ3n) is 5.78. The maximum Gasteiger partial charge on any atom is 0.241 e. The van der Waals surface area contributed by atoms with Crippen LogP contribution in [0, 0.1) is 0 Å². The van der Waals surface area contributed by atoms with E-state index in [-0.39, 0.29) is 11.9 Å². The third-order valence-corrected chi connectivity index (χ3v) is 5.78.